The van der Waals surface area contributed by atoms with Crippen LogP contribution in [0.5, 0.6) is 0 Å². The molecule has 0 bridgehead atoms. The van der Waals surface area contributed by atoms with Crippen molar-refractivity contribution in [2.75, 3.05) is 12.4 Å². The maximum Gasteiger partial charge on any atom is 0.255 e. The summed E-state index contributed by atoms with van der Waals surface area (Å²) in [5.74, 6) is 0.598. The molecule has 106 valence electrons. The van der Waals surface area contributed by atoms with Gasteiger partial charge in [0.15, 0.2) is 0 Å². The number of carbonyl (C=O) groups excluding carboxylic acids is 1. The number of rotatable bonds is 6. The molecule has 4 nitrogen and oxygen atoms in total. The van der Waals surface area contributed by atoms with Crippen molar-refractivity contribution in [2.45, 2.75) is 46.6 Å². The molecule has 0 aliphatic heterocycles. The molecule has 1 unspecified atom stereocenters. The zero-order valence-electron chi connectivity index (χ0n) is 12.6. The van der Waals surface area contributed by atoms with Gasteiger partial charge in [-0.2, -0.15) is 0 Å². The van der Waals surface area contributed by atoms with Gasteiger partial charge in [-0.25, -0.2) is 0 Å². The first-order valence-corrected chi connectivity index (χ1v) is 6.89. The smallest absolute Gasteiger partial charge is 0.255 e. The summed E-state index contributed by atoms with van der Waals surface area (Å²) in [4.78, 5) is 16.4. The first-order valence-electron chi connectivity index (χ1n) is 6.89. The Labute approximate surface area is 116 Å². The van der Waals surface area contributed by atoms with E-state index in [2.05, 4.69) is 29.5 Å². The van der Waals surface area contributed by atoms with Gasteiger partial charge in [-0.05, 0) is 38.7 Å². The van der Waals surface area contributed by atoms with E-state index in [0.717, 1.165) is 24.2 Å². The van der Waals surface area contributed by atoms with Crippen molar-refractivity contribution in [1.29, 1.82) is 0 Å². The van der Waals surface area contributed by atoms with Crippen LogP contribution in [0.15, 0.2) is 12.3 Å². The summed E-state index contributed by atoms with van der Waals surface area (Å²) in [6.07, 6.45) is 3.75. The highest BCUT2D eigenvalue weighted by Gasteiger charge is 2.14. The van der Waals surface area contributed by atoms with E-state index in [1.54, 1.807) is 6.20 Å². The van der Waals surface area contributed by atoms with E-state index in [0.29, 0.717) is 11.5 Å². The largest absolute Gasteiger partial charge is 0.387 e. The lowest BCUT2D eigenvalue weighted by Gasteiger charge is -2.16. The van der Waals surface area contributed by atoms with Gasteiger partial charge in [-0.15, -0.1) is 0 Å². The maximum atomic E-state index is 12.2. The van der Waals surface area contributed by atoms with Crippen LogP contribution in [-0.2, 0) is 0 Å². The second-order valence-corrected chi connectivity index (χ2v) is 5.47. The third kappa shape index (κ3) is 4.89. The van der Waals surface area contributed by atoms with Gasteiger partial charge in [-0.3, -0.25) is 9.78 Å². The van der Waals surface area contributed by atoms with E-state index >= 15 is 0 Å². The average Bonchev–Trinajstić information content (AvgIpc) is 2.35. The zero-order chi connectivity index (χ0) is 14.4. The van der Waals surface area contributed by atoms with Gasteiger partial charge in [0.05, 0.1) is 11.3 Å². The normalized spacial score (nSPS) is 12.3. The van der Waals surface area contributed by atoms with Crippen LogP contribution in [0.25, 0.3) is 0 Å². The molecule has 4 heteroatoms. The van der Waals surface area contributed by atoms with Gasteiger partial charge in [0.2, 0.25) is 0 Å². The Bertz CT molecular complexity index is 429. The number of hydrogen-bond donors (Lipinski definition) is 2. The Morgan fingerprint density at radius 3 is 2.58 bits per heavy atom. The van der Waals surface area contributed by atoms with Crippen molar-refractivity contribution in [3.8, 4) is 0 Å². The molecule has 0 saturated carbocycles. The summed E-state index contributed by atoms with van der Waals surface area (Å²) < 4.78 is 0. The minimum atomic E-state index is -0.0619. The Kier molecular flexibility index (Phi) is 5.80. The quantitative estimate of drug-likeness (QED) is 0.829. The van der Waals surface area contributed by atoms with Gasteiger partial charge in [-0.1, -0.05) is 13.8 Å². The average molecular weight is 263 g/mol. The molecule has 2 N–H and O–H groups in total. The third-order valence-electron chi connectivity index (χ3n) is 3.11. The van der Waals surface area contributed by atoms with Gasteiger partial charge in [0, 0.05) is 25.0 Å². The number of amides is 1. The second kappa shape index (κ2) is 7.12. The summed E-state index contributed by atoms with van der Waals surface area (Å²) in [5, 5.41) is 6.07. The molecular weight excluding hydrogens is 238 g/mol. The maximum absolute atomic E-state index is 12.2. The number of aryl methyl sites for hydroxylation is 1. The summed E-state index contributed by atoms with van der Waals surface area (Å²) >= 11 is 0. The topological polar surface area (TPSA) is 54.0 Å². The van der Waals surface area contributed by atoms with Crippen LogP contribution in [-0.4, -0.2) is 24.0 Å². The van der Waals surface area contributed by atoms with Gasteiger partial charge in [0.25, 0.3) is 5.91 Å². The Morgan fingerprint density at radius 1 is 1.32 bits per heavy atom. The molecule has 0 aliphatic rings. The number of carbonyl (C=O) groups is 1. The SMILES string of the molecule is CNc1cc(C)ncc1C(=O)NC(C)CCC(C)C. The summed E-state index contributed by atoms with van der Waals surface area (Å²) in [7, 11) is 1.81. The molecule has 0 radical (unpaired) electrons. The highest BCUT2D eigenvalue weighted by atomic mass is 16.1. The standard InChI is InChI=1S/C15H25N3O/c1-10(2)6-7-11(3)18-15(19)13-9-17-12(4)8-14(13)16-5/h8-11H,6-7H2,1-5H3,(H,16,17)(H,18,19). The monoisotopic (exact) mass is 263 g/mol. The van der Waals surface area contributed by atoms with Crippen LogP contribution in [0, 0.1) is 12.8 Å². The van der Waals surface area contributed by atoms with E-state index in [1.807, 2.05) is 27.0 Å². The lowest BCUT2D eigenvalue weighted by Crippen LogP contribution is -2.33. The minimum Gasteiger partial charge on any atom is -0.387 e. The number of nitrogens with zero attached hydrogens (tertiary/aromatic N) is 1. The Hall–Kier alpha value is -1.58. The molecule has 1 amide bonds. The van der Waals surface area contributed by atoms with Crippen molar-refractivity contribution in [2.24, 2.45) is 5.92 Å². The van der Waals surface area contributed by atoms with Crippen molar-refractivity contribution >= 4 is 11.6 Å². The summed E-state index contributed by atoms with van der Waals surface area (Å²) in [5.41, 5.74) is 2.32. The van der Waals surface area contributed by atoms with Gasteiger partial charge < -0.3 is 10.6 Å². The molecule has 19 heavy (non-hydrogen) atoms. The summed E-state index contributed by atoms with van der Waals surface area (Å²) in [6, 6.07) is 2.06. The van der Waals surface area contributed by atoms with Crippen molar-refractivity contribution in [1.82, 2.24) is 10.3 Å². The molecule has 0 aliphatic carbocycles. The fourth-order valence-electron chi connectivity index (χ4n) is 1.90. The van der Waals surface area contributed by atoms with E-state index in [9.17, 15) is 4.79 Å². The first-order chi connectivity index (χ1) is 8.93. The third-order valence-corrected chi connectivity index (χ3v) is 3.11. The molecule has 0 saturated heterocycles. The lowest BCUT2D eigenvalue weighted by molar-refractivity contribution is 0.0937. The van der Waals surface area contributed by atoms with Gasteiger partial charge in [0.1, 0.15) is 0 Å². The number of aromatic nitrogens is 1. The van der Waals surface area contributed by atoms with E-state index in [-0.39, 0.29) is 11.9 Å². The van der Waals surface area contributed by atoms with Crippen LogP contribution in [0.4, 0.5) is 5.69 Å². The Morgan fingerprint density at radius 2 is 2.00 bits per heavy atom. The second-order valence-electron chi connectivity index (χ2n) is 5.47. The van der Waals surface area contributed by atoms with E-state index in [4.69, 9.17) is 0 Å². The molecule has 1 atom stereocenters. The van der Waals surface area contributed by atoms with E-state index < -0.39 is 0 Å². The lowest BCUT2D eigenvalue weighted by atomic mass is 10.0. The molecule has 1 heterocycles. The molecule has 0 fully saturated rings. The van der Waals surface area contributed by atoms with Crippen LogP contribution in [0.1, 0.15) is 49.7 Å². The Balaban J connectivity index is 2.67. The van der Waals surface area contributed by atoms with Crippen LogP contribution in [0.3, 0.4) is 0 Å². The zero-order valence-corrected chi connectivity index (χ0v) is 12.6. The molecule has 0 spiro atoms. The first kappa shape index (κ1) is 15.5. The van der Waals surface area contributed by atoms with Gasteiger partial charge >= 0.3 is 0 Å². The van der Waals surface area contributed by atoms with Crippen molar-refractivity contribution in [3.63, 3.8) is 0 Å². The molecule has 1 aromatic rings. The number of nitrogens with one attached hydrogen (secondary N) is 2. The van der Waals surface area contributed by atoms with Crippen LogP contribution in [0.2, 0.25) is 0 Å². The predicted octanol–water partition coefficient (Wildman–Crippen LogP) is 2.99. The van der Waals surface area contributed by atoms with Crippen molar-refractivity contribution in [3.05, 3.63) is 23.5 Å². The summed E-state index contributed by atoms with van der Waals surface area (Å²) in [6.45, 7) is 8.34. The predicted molar refractivity (Wildman–Crippen MR) is 79.5 cm³/mol. The molecule has 1 rings (SSSR count). The van der Waals surface area contributed by atoms with Crippen molar-refractivity contribution < 1.29 is 4.79 Å². The molecular formula is C15H25N3O. The fourth-order valence-corrected chi connectivity index (χ4v) is 1.90. The highest BCUT2D eigenvalue weighted by molar-refractivity contribution is 5.99. The fraction of sp³-hybridized carbons (Fsp3) is 0.600. The van der Waals surface area contributed by atoms with Crippen LogP contribution < -0.4 is 10.6 Å². The number of hydrogen-bond acceptors (Lipinski definition) is 3. The van der Waals surface area contributed by atoms with E-state index in [1.165, 1.54) is 0 Å². The molecule has 0 aromatic carbocycles. The number of anilines is 1. The highest BCUT2D eigenvalue weighted by Crippen LogP contribution is 2.15. The molecule has 1 aromatic heterocycles. The van der Waals surface area contributed by atoms with Crippen LogP contribution >= 0.6 is 0 Å². The minimum absolute atomic E-state index is 0.0619. The number of pyridine rings is 1.